The van der Waals surface area contributed by atoms with Crippen molar-refractivity contribution < 1.29 is 9.90 Å². The first kappa shape index (κ1) is 15.0. The average molecular weight is 277 g/mol. The molecule has 1 aliphatic rings. The maximum absolute atomic E-state index is 11.3. The fraction of sp³-hybridized carbons (Fsp3) is 0.533. The summed E-state index contributed by atoms with van der Waals surface area (Å²) in [6.45, 7) is 3.84. The molecular formula is C15H23N3O2. The van der Waals surface area contributed by atoms with Gasteiger partial charge in [-0.1, -0.05) is 30.3 Å². The van der Waals surface area contributed by atoms with E-state index in [1.165, 1.54) is 5.56 Å². The van der Waals surface area contributed by atoms with Crippen molar-refractivity contribution in [2.75, 3.05) is 39.8 Å². The molecule has 5 nitrogen and oxygen atoms in total. The highest BCUT2D eigenvalue weighted by molar-refractivity contribution is 5.78. The number of hydrogen-bond acceptors (Lipinski definition) is 4. The van der Waals surface area contributed by atoms with Gasteiger partial charge in [0.2, 0.25) is 5.91 Å². The van der Waals surface area contributed by atoms with Crippen molar-refractivity contribution in [1.29, 1.82) is 0 Å². The molecule has 0 radical (unpaired) electrons. The SMILES string of the molecule is CN(Cc1ccccc1)CC(O)CN1CCNC(=O)C1. The average Bonchev–Trinajstić information content (AvgIpc) is 2.39. The molecule has 0 bridgehead atoms. The minimum atomic E-state index is -0.436. The normalized spacial score (nSPS) is 18.1. The number of nitrogens with zero attached hydrogens (tertiary/aromatic N) is 2. The zero-order valence-electron chi connectivity index (χ0n) is 12.0. The number of aliphatic hydroxyl groups is 1. The number of carbonyl (C=O) groups is 1. The zero-order chi connectivity index (χ0) is 14.4. The van der Waals surface area contributed by atoms with Gasteiger partial charge in [0.05, 0.1) is 12.6 Å². The van der Waals surface area contributed by atoms with Crippen LogP contribution in [-0.4, -0.2) is 66.7 Å². The van der Waals surface area contributed by atoms with Gasteiger partial charge in [-0.3, -0.25) is 14.6 Å². The summed E-state index contributed by atoms with van der Waals surface area (Å²) in [6.07, 6.45) is -0.436. The van der Waals surface area contributed by atoms with Crippen molar-refractivity contribution in [3.63, 3.8) is 0 Å². The second-order valence-electron chi connectivity index (χ2n) is 5.42. The summed E-state index contributed by atoms with van der Waals surface area (Å²) in [6, 6.07) is 10.2. The summed E-state index contributed by atoms with van der Waals surface area (Å²) in [5.41, 5.74) is 1.24. The maximum atomic E-state index is 11.3. The third kappa shape index (κ3) is 4.92. The van der Waals surface area contributed by atoms with E-state index < -0.39 is 6.10 Å². The van der Waals surface area contributed by atoms with Crippen molar-refractivity contribution >= 4 is 5.91 Å². The Hall–Kier alpha value is -1.43. The minimum absolute atomic E-state index is 0.0427. The molecule has 0 aliphatic carbocycles. The van der Waals surface area contributed by atoms with Crippen LogP contribution in [0.5, 0.6) is 0 Å². The molecule has 1 saturated heterocycles. The smallest absolute Gasteiger partial charge is 0.234 e. The summed E-state index contributed by atoms with van der Waals surface area (Å²) in [4.78, 5) is 15.4. The molecule has 20 heavy (non-hydrogen) atoms. The number of amides is 1. The molecule has 5 heteroatoms. The largest absolute Gasteiger partial charge is 0.390 e. The third-order valence-electron chi connectivity index (χ3n) is 3.40. The Labute approximate surface area is 120 Å². The fourth-order valence-electron chi connectivity index (χ4n) is 2.52. The summed E-state index contributed by atoms with van der Waals surface area (Å²) in [5, 5.41) is 12.9. The van der Waals surface area contributed by atoms with Gasteiger partial charge in [-0.05, 0) is 12.6 Å². The lowest BCUT2D eigenvalue weighted by Gasteiger charge is -2.29. The van der Waals surface area contributed by atoms with Gasteiger partial charge in [-0.25, -0.2) is 0 Å². The van der Waals surface area contributed by atoms with E-state index in [1.807, 2.05) is 30.1 Å². The Balaban J connectivity index is 1.73. The van der Waals surface area contributed by atoms with Crippen LogP contribution in [-0.2, 0) is 11.3 Å². The lowest BCUT2D eigenvalue weighted by Crippen LogP contribution is -2.50. The number of benzene rings is 1. The quantitative estimate of drug-likeness (QED) is 0.763. The van der Waals surface area contributed by atoms with Crippen molar-refractivity contribution in [1.82, 2.24) is 15.1 Å². The van der Waals surface area contributed by atoms with Crippen LogP contribution in [0.2, 0.25) is 0 Å². The van der Waals surface area contributed by atoms with Crippen molar-refractivity contribution in [3.8, 4) is 0 Å². The van der Waals surface area contributed by atoms with E-state index in [4.69, 9.17) is 0 Å². The third-order valence-corrected chi connectivity index (χ3v) is 3.40. The molecular weight excluding hydrogens is 254 g/mol. The lowest BCUT2D eigenvalue weighted by atomic mass is 10.2. The predicted molar refractivity (Wildman–Crippen MR) is 78.2 cm³/mol. The van der Waals surface area contributed by atoms with Crippen LogP contribution in [0.4, 0.5) is 0 Å². The van der Waals surface area contributed by atoms with Gasteiger partial charge in [-0.2, -0.15) is 0 Å². The number of rotatable bonds is 6. The zero-order valence-corrected chi connectivity index (χ0v) is 12.0. The van der Waals surface area contributed by atoms with Gasteiger partial charge in [0, 0.05) is 32.7 Å². The first-order valence-corrected chi connectivity index (χ1v) is 7.03. The molecule has 1 amide bonds. The van der Waals surface area contributed by atoms with Gasteiger partial charge >= 0.3 is 0 Å². The number of likely N-dealkylation sites (N-methyl/N-ethyl adjacent to an activating group) is 1. The van der Waals surface area contributed by atoms with Gasteiger partial charge in [-0.15, -0.1) is 0 Å². The van der Waals surface area contributed by atoms with Gasteiger partial charge in [0.1, 0.15) is 0 Å². The van der Waals surface area contributed by atoms with Crippen LogP contribution in [0.15, 0.2) is 30.3 Å². The summed E-state index contributed by atoms with van der Waals surface area (Å²) < 4.78 is 0. The van der Waals surface area contributed by atoms with Crippen LogP contribution in [0.25, 0.3) is 0 Å². The standard InChI is InChI=1S/C15H23N3O2/c1-17(9-13-5-3-2-4-6-13)10-14(19)11-18-8-7-16-15(20)12-18/h2-6,14,19H,7-12H2,1H3,(H,16,20). The molecule has 1 aromatic carbocycles. The Kier molecular flexibility index (Phi) is 5.52. The molecule has 1 fully saturated rings. The Morgan fingerprint density at radius 3 is 2.85 bits per heavy atom. The number of aliphatic hydroxyl groups excluding tert-OH is 1. The Morgan fingerprint density at radius 2 is 2.15 bits per heavy atom. The van der Waals surface area contributed by atoms with E-state index in [9.17, 15) is 9.90 Å². The molecule has 1 unspecified atom stereocenters. The number of hydrogen-bond donors (Lipinski definition) is 2. The van der Waals surface area contributed by atoms with Crippen molar-refractivity contribution in [2.24, 2.45) is 0 Å². The number of carbonyl (C=O) groups excluding carboxylic acids is 1. The first-order valence-electron chi connectivity index (χ1n) is 7.03. The Bertz CT molecular complexity index is 424. The highest BCUT2D eigenvalue weighted by Gasteiger charge is 2.19. The van der Waals surface area contributed by atoms with Crippen LogP contribution in [0, 0.1) is 0 Å². The summed E-state index contributed by atoms with van der Waals surface area (Å²) in [5.74, 6) is 0.0427. The molecule has 2 N–H and O–H groups in total. The maximum Gasteiger partial charge on any atom is 0.234 e. The summed E-state index contributed by atoms with van der Waals surface area (Å²) in [7, 11) is 2.00. The molecule has 1 aromatic rings. The van der Waals surface area contributed by atoms with E-state index in [0.717, 1.165) is 13.1 Å². The van der Waals surface area contributed by atoms with E-state index in [2.05, 4.69) is 22.3 Å². The lowest BCUT2D eigenvalue weighted by molar-refractivity contribution is -0.124. The monoisotopic (exact) mass is 277 g/mol. The topological polar surface area (TPSA) is 55.8 Å². The van der Waals surface area contributed by atoms with Crippen LogP contribution < -0.4 is 5.32 Å². The molecule has 110 valence electrons. The van der Waals surface area contributed by atoms with E-state index in [1.54, 1.807) is 0 Å². The van der Waals surface area contributed by atoms with Crippen molar-refractivity contribution in [3.05, 3.63) is 35.9 Å². The van der Waals surface area contributed by atoms with Crippen LogP contribution >= 0.6 is 0 Å². The highest BCUT2D eigenvalue weighted by Crippen LogP contribution is 2.04. The van der Waals surface area contributed by atoms with E-state index in [0.29, 0.717) is 26.2 Å². The first-order chi connectivity index (χ1) is 9.63. The van der Waals surface area contributed by atoms with Gasteiger partial charge in [0.25, 0.3) is 0 Å². The summed E-state index contributed by atoms with van der Waals surface area (Å²) >= 11 is 0. The van der Waals surface area contributed by atoms with E-state index in [-0.39, 0.29) is 5.91 Å². The minimum Gasteiger partial charge on any atom is -0.390 e. The fourth-order valence-corrected chi connectivity index (χ4v) is 2.52. The molecule has 1 atom stereocenters. The second kappa shape index (κ2) is 7.38. The Morgan fingerprint density at radius 1 is 1.40 bits per heavy atom. The van der Waals surface area contributed by atoms with Crippen LogP contribution in [0.3, 0.4) is 0 Å². The number of piperazine rings is 1. The van der Waals surface area contributed by atoms with Crippen LogP contribution in [0.1, 0.15) is 5.56 Å². The molecule has 0 aromatic heterocycles. The number of nitrogens with one attached hydrogen (secondary N) is 1. The van der Waals surface area contributed by atoms with Crippen molar-refractivity contribution in [2.45, 2.75) is 12.6 Å². The predicted octanol–water partition coefficient (Wildman–Crippen LogP) is -0.0889. The highest BCUT2D eigenvalue weighted by atomic mass is 16.3. The number of β-amino-alcohol motifs (C(OH)–C–C–N with tert-alkyl or cyclic N) is 1. The molecule has 1 aliphatic heterocycles. The molecule has 2 rings (SSSR count). The molecule has 0 saturated carbocycles. The molecule has 0 spiro atoms. The second-order valence-corrected chi connectivity index (χ2v) is 5.42. The van der Waals surface area contributed by atoms with E-state index >= 15 is 0 Å². The van der Waals surface area contributed by atoms with Gasteiger partial charge in [0.15, 0.2) is 0 Å². The van der Waals surface area contributed by atoms with Gasteiger partial charge < -0.3 is 10.4 Å². The molecule has 1 heterocycles.